The average Bonchev–Trinajstić information content (AvgIpc) is 2.74. The smallest absolute Gasteiger partial charge is 0.258 e. The standard InChI is InChI=1S/C21H18FN3O2S/c1-28-21-17(9-5-11-23-21)20(27)24-15-7-4-6-14(12-15)16-8-2-3-10-18(16)25-19(26)13-22/h2-12H,13H2,1H3,(H,24,27)(H,25,26). The predicted octanol–water partition coefficient (Wildman–Crippen LogP) is 4.63. The van der Waals surface area contributed by atoms with Crippen LogP contribution in [0.25, 0.3) is 11.1 Å². The summed E-state index contributed by atoms with van der Waals surface area (Å²) in [7, 11) is 0. The second-order valence-corrected chi connectivity index (χ2v) is 6.62. The van der Waals surface area contributed by atoms with Crippen molar-refractivity contribution in [2.75, 3.05) is 23.6 Å². The molecule has 3 rings (SSSR count). The van der Waals surface area contributed by atoms with E-state index in [1.54, 1.807) is 48.7 Å². The normalized spacial score (nSPS) is 10.4. The van der Waals surface area contributed by atoms with Gasteiger partial charge in [0.1, 0.15) is 5.03 Å². The molecule has 0 spiro atoms. The van der Waals surface area contributed by atoms with Gasteiger partial charge in [-0.05, 0) is 42.2 Å². The number of nitrogens with zero attached hydrogens (tertiary/aromatic N) is 1. The SMILES string of the molecule is CSc1ncccc1C(=O)Nc1cccc(-c2ccccc2NC(=O)CF)c1. The van der Waals surface area contributed by atoms with Gasteiger partial charge in [-0.2, -0.15) is 0 Å². The maximum Gasteiger partial charge on any atom is 0.258 e. The minimum Gasteiger partial charge on any atom is -0.323 e. The van der Waals surface area contributed by atoms with E-state index in [2.05, 4.69) is 15.6 Å². The molecule has 2 N–H and O–H groups in total. The minimum atomic E-state index is -1.09. The second kappa shape index (κ2) is 9.14. The fourth-order valence-electron chi connectivity index (χ4n) is 2.72. The number of amides is 2. The van der Waals surface area contributed by atoms with Crippen molar-refractivity contribution in [3.63, 3.8) is 0 Å². The number of benzene rings is 2. The number of anilines is 2. The third-order valence-electron chi connectivity index (χ3n) is 3.96. The van der Waals surface area contributed by atoms with Gasteiger partial charge in [-0.1, -0.05) is 30.3 Å². The van der Waals surface area contributed by atoms with Crippen LogP contribution in [-0.2, 0) is 4.79 Å². The molecule has 3 aromatic rings. The fourth-order valence-corrected chi connectivity index (χ4v) is 3.26. The van der Waals surface area contributed by atoms with Crippen LogP contribution in [0.3, 0.4) is 0 Å². The molecular formula is C21H18FN3O2S. The first kappa shape index (κ1) is 19.6. The van der Waals surface area contributed by atoms with Crippen molar-refractivity contribution in [2.45, 2.75) is 5.03 Å². The Bertz CT molecular complexity index is 1010. The zero-order valence-electron chi connectivity index (χ0n) is 15.1. The number of thioether (sulfide) groups is 1. The molecule has 1 heterocycles. The Labute approximate surface area is 166 Å². The summed E-state index contributed by atoms with van der Waals surface area (Å²) in [4.78, 5) is 28.3. The molecule has 0 aliphatic heterocycles. The van der Waals surface area contributed by atoms with Crippen molar-refractivity contribution >= 4 is 35.0 Å². The number of carbonyl (C=O) groups excluding carboxylic acids is 2. The molecule has 2 amide bonds. The zero-order chi connectivity index (χ0) is 19.9. The van der Waals surface area contributed by atoms with Crippen molar-refractivity contribution in [1.82, 2.24) is 4.98 Å². The molecule has 0 bridgehead atoms. The molecule has 7 heteroatoms. The highest BCUT2D eigenvalue weighted by Crippen LogP contribution is 2.30. The Morgan fingerprint density at radius 3 is 2.64 bits per heavy atom. The summed E-state index contributed by atoms with van der Waals surface area (Å²) in [5.41, 5.74) is 3.11. The second-order valence-electron chi connectivity index (χ2n) is 5.82. The summed E-state index contributed by atoms with van der Waals surface area (Å²) in [5, 5.41) is 6.07. The molecule has 0 saturated carbocycles. The number of halogens is 1. The molecule has 28 heavy (non-hydrogen) atoms. The van der Waals surface area contributed by atoms with Gasteiger partial charge in [-0.15, -0.1) is 11.8 Å². The minimum absolute atomic E-state index is 0.256. The first-order valence-corrected chi connectivity index (χ1v) is 9.70. The molecule has 0 atom stereocenters. The molecule has 0 radical (unpaired) electrons. The van der Waals surface area contributed by atoms with E-state index >= 15 is 0 Å². The van der Waals surface area contributed by atoms with E-state index in [-0.39, 0.29) is 5.91 Å². The molecule has 0 saturated heterocycles. The van der Waals surface area contributed by atoms with Gasteiger partial charge in [-0.3, -0.25) is 9.59 Å². The summed E-state index contributed by atoms with van der Waals surface area (Å²) in [6.07, 6.45) is 3.51. The number of hydrogen-bond donors (Lipinski definition) is 2. The van der Waals surface area contributed by atoms with E-state index < -0.39 is 12.6 Å². The van der Waals surface area contributed by atoms with Crippen LogP contribution in [0.4, 0.5) is 15.8 Å². The summed E-state index contributed by atoms with van der Waals surface area (Å²) in [6, 6.07) is 17.8. The molecule has 0 unspecified atom stereocenters. The number of para-hydroxylation sites is 1. The molecule has 1 aromatic heterocycles. The lowest BCUT2D eigenvalue weighted by Crippen LogP contribution is -2.14. The van der Waals surface area contributed by atoms with Crippen LogP contribution >= 0.6 is 11.8 Å². The zero-order valence-corrected chi connectivity index (χ0v) is 15.9. The van der Waals surface area contributed by atoms with E-state index in [0.717, 1.165) is 11.1 Å². The van der Waals surface area contributed by atoms with Crippen molar-refractivity contribution in [1.29, 1.82) is 0 Å². The van der Waals surface area contributed by atoms with Crippen molar-refractivity contribution in [3.8, 4) is 11.1 Å². The molecule has 142 valence electrons. The maximum atomic E-state index is 12.6. The summed E-state index contributed by atoms with van der Waals surface area (Å²) < 4.78 is 12.6. The Hall–Kier alpha value is -3.19. The highest BCUT2D eigenvalue weighted by atomic mass is 32.2. The summed E-state index contributed by atoms with van der Waals surface area (Å²) in [6.45, 7) is -1.09. The molecule has 5 nitrogen and oxygen atoms in total. The first-order valence-electron chi connectivity index (χ1n) is 8.48. The van der Waals surface area contributed by atoms with Crippen LogP contribution in [0.5, 0.6) is 0 Å². The molecule has 0 aliphatic rings. The van der Waals surface area contributed by atoms with Crippen molar-refractivity contribution in [2.24, 2.45) is 0 Å². The average molecular weight is 395 g/mol. The van der Waals surface area contributed by atoms with Crippen molar-refractivity contribution < 1.29 is 14.0 Å². The highest BCUT2D eigenvalue weighted by Gasteiger charge is 2.13. The van der Waals surface area contributed by atoms with E-state index in [1.807, 2.05) is 24.5 Å². The van der Waals surface area contributed by atoms with E-state index in [1.165, 1.54) is 11.8 Å². The predicted molar refractivity (Wildman–Crippen MR) is 110 cm³/mol. The molecular weight excluding hydrogens is 377 g/mol. The lowest BCUT2D eigenvalue weighted by molar-refractivity contribution is -0.117. The van der Waals surface area contributed by atoms with Crippen LogP contribution in [0.15, 0.2) is 71.9 Å². The third kappa shape index (κ3) is 4.55. The number of hydrogen-bond acceptors (Lipinski definition) is 4. The van der Waals surface area contributed by atoms with Crippen LogP contribution in [0, 0.1) is 0 Å². The summed E-state index contributed by atoms with van der Waals surface area (Å²) in [5.74, 6) is -0.966. The fraction of sp³-hybridized carbons (Fsp3) is 0.0952. The van der Waals surface area contributed by atoms with E-state index in [0.29, 0.717) is 22.0 Å². The quantitative estimate of drug-likeness (QED) is 0.597. The molecule has 0 aliphatic carbocycles. The van der Waals surface area contributed by atoms with Crippen LogP contribution in [0.1, 0.15) is 10.4 Å². The van der Waals surface area contributed by atoms with Gasteiger partial charge in [0.15, 0.2) is 6.67 Å². The lowest BCUT2D eigenvalue weighted by atomic mass is 10.0. The Morgan fingerprint density at radius 2 is 1.86 bits per heavy atom. The summed E-state index contributed by atoms with van der Waals surface area (Å²) >= 11 is 1.40. The monoisotopic (exact) mass is 395 g/mol. The van der Waals surface area contributed by atoms with Gasteiger partial charge >= 0.3 is 0 Å². The number of aromatic nitrogens is 1. The first-order chi connectivity index (χ1) is 13.6. The van der Waals surface area contributed by atoms with Crippen LogP contribution in [0.2, 0.25) is 0 Å². The van der Waals surface area contributed by atoms with E-state index in [4.69, 9.17) is 0 Å². The third-order valence-corrected chi connectivity index (χ3v) is 4.68. The van der Waals surface area contributed by atoms with Gasteiger partial charge < -0.3 is 10.6 Å². The van der Waals surface area contributed by atoms with Gasteiger partial charge in [0.05, 0.1) is 5.56 Å². The number of rotatable bonds is 6. The van der Waals surface area contributed by atoms with Crippen molar-refractivity contribution in [3.05, 3.63) is 72.4 Å². The number of alkyl halides is 1. The van der Waals surface area contributed by atoms with Crippen LogP contribution in [-0.4, -0.2) is 29.7 Å². The maximum absolute atomic E-state index is 12.6. The van der Waals surface area contributed by atoms with Gasteiger partial charge in [0.25, 0.3) is 11.8 Å². The van der Waals surface area contributed by atoms with Gasteiger partial charge in [0, 0.05) is 23.1 Å². The Balaban J connectivity index is 1.87. The number of nitrogens with one attached hydrogen (secondary N) is 2. The Kier molecular flexibility index (Phi) is 6.39. The molecule has 2 aromatic carbocycles. The lowest BCUT2D eigenvalue weighted by Gasteiger charge is -2.12. The topological polar surface area (TPSA) is 71.1 Å². The van der Waals surface area contributed by atoms with Crippen LogP contribution < -0.4 is 10.6 Å². The number of pyridine rings is 1. The number of carbonyl (C=O) groups is 2. The van der Waals surface area contributed by atoms with Gasteiger partial charge in [-0.25, -0.2) is 9.37 Å². The molecule has 0 fully saturated rings. The highest BCUT2D eigenvalue weighted by molar-refractivity contribution is 7.98. The van der Waals surface area contributed by atoms with Gasteiger partial charge in [0.2, 0.25) is 0 Å². The Morgan fingerprint density at radius 1 is 1.04 bits per heavy atom. The van der Waals surface area contributed by atoms with E-state index in [9.17, 15) is 14.0 Å². The largest absolute Gasteiger partial charge is 0.323 e.